The second-order valence-corrected chi connectivity index (χ2v) is 2.18. The fourth-order valence-electron chi connectivity index (χ4n) is 0.918. The molecule has 4 heteroatoms. The number of carbonyl (C=O) groups is 1. The van der Waals surface area contributed by atoms with Gasteiger partial charge in [0.05, 0.1) is 0 Å². The Morgan fingerprint density at radius 2 is 2.55 bits per heavy atom. The number of nitrogens with zero attached hydrogens (tertiary/aromatic N) is 2. The molecule has 2 aliphatic heterocycles. The lowest BCUT2D eigenvalue weighted by Gasteiger charge is -2.24. The maximum atomic E-state index is 10.7. The Kier molecular flexibility index (Phi) is 1.25. The summed E-state index contributed by atoms with van der Waals surface area (Å²) in [5, 5.41) is 0. The first-order valence-electron chi connectivity index (χ1n) is 3.23. The molecule has 0 N–H and O–H groups in total. The molecule has 0 saturated carbocycles. The summed E-state index contributed by atoms with van der Waals surface area (Å²) >= 11 is 0. The van der Waals surface area contributed by atoms with Crippen molar-refractivity contribution in [3.05, 3.63) is 24.2 Å². The number of carbonyl (C=O) groups excluding carboxylic acids is 1. The molecule has 0 saturated heterocycles. The minimum absolute atomic E-state index is 0.331. The Bertz CT molecular complexity index is 278. The smallest absolute Gasteiger partial charge is 0.338 e. The molecule has 0 radical (unpaired) electrons. The zero-order chi connectivity index (χ0) is 7.68. The molecule has 0 atom stereocenters. The summed E-state index contributed by atoms with van der Waals surface area (Å²) in [7, 11) is 0. The monoisotopic (exact) mass is 150 g/mol. The Labute approximate surface area is 63.5 Å². The van der Waals surface area contributed by atoms with E-state index < -0.39 is 0 Å². The van der Waals surface area contributed by atoms with E-state index in [0.717, 1.165) is 0 Å². The fourth-order valence-corrected chi connectivity index (χ4v) is 0.918. The van der Waals surface area contributed by atoms with Gasteiger partial charge in [-0.1, -0.05) is 0 Å². The maximum Gasteiger partial charge on any atom is 0.338 e. The molecule has 0 unspecified atom stereocenters. The molecule has 0 aromatic carbocycles. The van der Waals surface area contributed by atoms with E-state index in [1.54, 1.807) is 23.4 Å². The molecule has 56 valence electrons. The highest BCUT2D eigenvalue weighted by atomic mass is 16.6. The first-order valence-corrected chi connectivity index (χ1v) is 3.23. The van der Waals surface area contributed by atoms with E-state index in [0.29, 0.717) is 12.6 Å². The van der Waals surface area contributed by atoms with Gasteiger partial charge in [-0.15, -0.1) is 0 Å². The molecule has 0 aromatic rings. The Hall–Kier alpha value is -1.58. The Balaban J connectivity index is 2.31. The van der Waals surface area contributed by atoms with E-state index in [4.69, 9.17) is 4.74 Å². The van der Waals surface area contributed by atoms with Gasteiger partial charge in [0.2, 0.25) is 5.88 Å². The van der Waals surface area contributed by atoms with Crippen molar-refractivity contribution in [3.63, 3.8) is 0 Å². The summed E-state index contributed by atoms with van der Waals surface area (Å²) in [4.78, 5) is 16.4. The van der Waals surface area contributed by atoms with Crippen molar-refractivity contribution in [2.75, 3.05) is 6.67 Å². The molecule has 2 heterocycles. The van der Waals surface area contributed by atoms with E-state index in [-0.39, 0.29) is 5.97 Å². The zero-order valence-electron chi connectivity index (χ0n) is 5.73. The molecule has 0 aromatic heterocycles. The number of rotatable bonds is 0. The third kappa shape index (κ3) is 1.02. The van der Waals surface area contributed by atoms with Crippen LogP contribution in [0.15, 0.2) is 29.2 Å². The predicted octanol–water partition coefficient (Wildman–Crippen LogP) is 0.242. The van der Waals surface area contributed by atoms with Crippen LogP contribution < -0.4 is 0 Å². The summed E-state index contributed by atoms with van der Waals surface area (Å²) in [5.41, 5.74) is 0. The molecule has 0 aliphatic carbocycles. The Morgan fingerprint density at radius 3 is 3.45 bits per heavy atom. The third-order valence-corrected chi connectivity index (χ3v) is 1.44. The summed E-state index contributed by atoms with van der Waals surface area (Å²) in [6.07, 6.45) is 6.32. The van der Waals surface area contributed by atoms with Crippen molar-refractivity contribution in [1.29, 1.82) is 0 Å². The van der Waals surface area contributed by atoms with Gasteiger partial charge in [0.1, 0.15) is 6.67 Å². The van der Waals surface area contributed by atoms with Crippen molar-refractivity contribution in [2.45, 2.75) is 0 Å². The molecule has 4 nitrogen and oxygen atoms in total. The van der Waals surface area contributed by atoms with Gasteiger partial charge in [-0.3, -0.25) is 9.89 Å². The molecular formula is C7H6N2O2. The van der Waals surface area contributed by atoms with Crippen molar-refractivity contribution in [3.8, 4) is 0 Å². The molecule has 0 amide bonds. The van der Waals surface area contributed by atoms with E-state index in [1.165, 1.54) is 6.08 Å². The highest BCUT2D eigenvalue weighted by molar-refractivity contribution is 5.85. The number of hydrogen-bond acceptors (Lipinski definition) is 4. The first-order chi connectivity index (χ1) is 5.36. The van der Waals surface area contributed by atoms with Gasteiger partial charge in [0.25, 0.3) is 0 Å². The number of allylic oxidation sites excluding steroid dienone is 1. The number of esters is 1. The standard InChI is InChI=1S/C7H6N2O2/c10-7-2-4-9-5-8-3-1-6(9)11-7/h1-4H,5H2. The van der Waals surface area contributed by atoms with Crippen molar-refractivity contribution in [2.24, 2.45) is 4.99 Å². The minimum Gasteiger partial charge on any atom is -0.406 e. The summed E-state index contributed by atoms with van der Waals surface area (Å²) in [6.45, 7) is 0.523. The molecule has 11 heavy (non-hydrogen) atoms. The summed E-state index contributed by atoms with van der Waals surface area (Å²) in [6, 6.07) is 0. The van der Waals surface area contributed by atoms with Crippen LogP contribution in [0.1, 0.15) is 0 Å². The van der Waals surface area contributed by atoms with Crippen LogP contribution in [-0.2, 0) is 9.53 Å². The van der Waals surface area contributed by atoms with Crippen LogP contribution in [0, 0.1) is 0 Å². The van der Waals surface area contributed by atoms with Crippen LogP contribution in [-0.4, -0.2) is 23.8 Å². The van der Waals surface area contributed by atoms with Gasteiger partial charge in [0, 0.05) is 24.6 Å². The lowest BCUT2D eigenvalue weighted by atomic mass is 10.4. The number of hydrogen-bond donors (Lipinski definition) is 0. The normalized spacial score (nSPS) is 20.9. The largest absolute Gasteiger partial charge is 0.406 e. The fraction of sp³-hybridized carbons (Fsp3) is 0.143. The van der Waals surface area contributed by atoms with E-state index in [9.17, 15) is 4.79 Å². The molecule has 2 rings (SSSR count). The van der Waals surface area contributed by atoms with E-state index in [2.05, 4.69) is 4.99 Å². The van der Waals surface area contributed by atoms with Gasteiger partial charge >= 0.3 is 5.97 Å². The van der Waals surface area contributed by atoms with Crippen molar-refractivity contribution >= 4 is 12.2 Å². The topological polar surface area (TPSA) is 41.9 Å². The van der Waals surface area contributed by atoms with E-state index >= 15 is 0 Å². The van der Waals surface area contributed by atoms with Gasteiger partial charge < -0.3 is 4.74 Å². The highest BCUT2D eigenvalue weighted by Crippen LogP contribution is 2.14. The lowest BCUT2D eigenvalue weighted by Crippen LogP contribution is -2.27. The third-order valence-electron chi connectivity index (χ3n) is 1.44. The molecule has 0 spiro atoms. The van der Waals surface area contributed by atoms with E-state index in [1.807, 2.05) is 0 Å². The van der Waals surface area contributed by atoms with Crippen molar-refractivity contribution < 1.29 is 9.53 Å². The van der Waals surface area contributed by atoms with Gasteiger partial charge in [-0.05, 0) is 0 Å². The van der Waals surface area contributed by atoms with Crippen LogP contribution in [0.25, 0.3) is 0 Å². The van der Waals surface area contributed by atoms with Gasteiger partial charge in [0.15, 0.2) is 0 Å². The van der Waals surface area contributed by atoms with Crippen LogP contribution in [0.3, 0.4) is 0 Å². The van der Waals surface area contributed by atoms with Gasteiger partial charge in [-0.25, -0.2) is 4.79 Å². The van der Waals surface area contributed by atoms with Crippen molar-refractivity contribution in [1.82, 2.24) is 4.90 Å². The quantitative estimate of drug-likeness (QED) is 0.464. The van der Waals surface area contributed by atoms with Gasteiger partial charge in [-0.2, -0.15) is 0 Å². The molecule has 0 fully saturated rings. The van der Waals surface area contributed by atoms with Crippen LogP contribution in [0.4, 0.5) is 0 Å². The SMILES string of the molecule is O=C1C=CN2CN=CC=C2O1. The second-order valence-electron chi connectivity index (χ2n) is 2.18. The summed E-state index contributed by atoms with van der Waals surface area (Å²) in [5.74, 6) is 0.218. The van der Waals surface area contributed by atoms with Crippen LogP contribution in [0.5, 0.6) is 0 Å². The average Bonchev–Trinajstić information content (AvgIpc) is 2.04. The lowest BCUT2D eigenvalue weighted by molar-refractivity contribution is -0.137. The minimum atomic E-state index is -0.331. The number of ether oxygens (including phenoxy) is 1. The average molecular weight is 150 g/mol. The van der Waals surface area contributed by atoms with Crippen LogP contribution >= 0.6 is 0 Å². The van der Waals surface area contributed by atoms with Crippen LogP contribution in [0.2, 0.25) is 0 Å². The Morgan fingerprint density at radius 1 is 1.64 bits per heavy atom. The molecule has 2 aliphatic rings. The molecule has 0 bridgehead atoms. The predicted molar refractivity (Wildman–Crippen MR) is 38.5 cm³/mol. The summed E-state index contributed by atoms with van der Waals surface area (Å²) < 4.78 is 4.86. The highest BCUT2D eigenvalue weighted by Gasteiger charge is 2.17. The first kappa shape index (κ1) is 6.15. The maximum absolute atomic E-state index is 10.7. The molecular weight excluding hydrogens is 144 g/mol. The second kappa shape index (κ2) is 2.23. The zero-order valence-corrected chi connectivity index (χ0v) is 5.73. The number of aliphatic imine (C=N–C) groups is 1. The number of fused-ring (bicyclic) bond motifs is 1.